The van der Waals surface area contributed by atoms with Crippen LogP contribution in [0.1, 0.15) is 51.3 Å². The van der Waals surface area contributed by atoms with E-state index in [-0.39, 0.29) is 16.6 Å². The van der Waals surface area contributed by atoms with Gasteiger partial charge in [0.05, 0.1) is 0 Å². The zero-order valence-corrected chi connectivity index (χ0v) is 21.7. The first-order valence-corrected chi connectivity index (χ1v) is 12.9. The topological polar surface area (TPSA) is 52.5 Å². The van der Waals surface area contributed by atoms with Gasteiger partial charge in [0.2, 0.25) is 0 Å². The fourth-order valence-corrected chi connectivity index (χ4v) is 5.01. The largest absolute Gasteiger partial charge is 0.606 e. The maximum atomic E-state index is 13.0. The summed E-state index contributed by atoms with van der Waals surface area (Å²) in [7, 11) is 0. The summed E-state index contributed by atoms with van der Waals surface area (Å²) in [5, 5.41) is 9.58. The molecule has 4 heteroatoms. The van der Waals surface area contributed by atoms with Crippen LogP contribution < -0.4 is 4.74 Å². The molecule has 0 amide bonds. The molecule has 35 heavy (non-hydrogen) atoms. The van der Waals surface area contributed by atoms with Crippen molar-refractivity contribution in [1.29, 1.82) is 0 Å². The van der Waals surface area contributed by atoms with Crippen molar-refractivity contribution in [2.24, 2.45) is 0 Å². The van der Waals surface area contributed by atoms with Crippen molar-refractivity contribution in [3.63, 3.8) is 0 Å². The first-order chi connectivity index (χ1) is 16.5. The van der Waals surface area contributed by atoms with Crippen molar-refractivity contribution in [2.75, 3.05) is 0 Å². The fraction of sp³-hybridized carbons (Fsp3) is 0.226. The van der Waals surface area contributed by atoms with Gasteiger partial charge in [-0.1, -0.05) is 71.0 Å². The number of aromatic hydroxyl groups is 1. The highest BCUT2D eigenvalue weighted by molar-refractivity contribution is 7.91. The SMILES string of the molecule is CC(C)(C)c1ccc([S+]([O-])c2ccc(Oc3ccc(C(C)(C)c4ccc(O)cc4)cc3)cc2)cc1. The Labute approximate surface area is 211 Å². The number of hydrogen-bond acceptors (Lipinski definition) is 3. The van der Waals surface area contributed by atoms with Crippen LogP contribution in [0.3, 0.4) is 0 Å². The first-order valence-electron chi connectivity index (χ1n) is 11.7. The van der Waals surface area contributed by atoms with Gasteiger partial charge >= 0.3 is 0 Å². The molecule has 0 aliphatic rings. The first kappa shape index (κ1) is 24.9. The molecule has 180 valence electrons. The highest BCUT2D eigenvalue weighted by atomic mass is 32.2. The third kappa shape index (κ3) is 5.72. The zero-order chi connectivity index (χ0) is 25.2. The van der Waals surface area contributed by atoms with Gasteiger partial charge in [-0.25, -0.2) is 0 Å². The highest BCUT2D eigenvalue weighted by Gasteiger charge is 2.23. The van der Waals surface area contributed by atoms with Gasteiger partial charge in [-0.2, -0.15) is 0 Å². The molecule has 0 saturated heterocycles. The minimum absolute atomic E-state index is 0.0679. The lowest BCUT2D eigenvalue weighted by Gasteiger charge is -2.26. The standard InChI is InChI=1S/C31H32O3S/c1-30(2,3)22-10-18-28(19-11-22)35(33)29-20-16-27(17-21-29)34-26-14-8-24(9-15-26)31(4,5)23-6-12-25(32)13-7-23/h6-21,32H,1-5H3. The lowest BCUT2D eigenvalue weighted by molar-refractivity contribution is 0.474. The summed E-state index contributed by atoms with van der Waals surface area (Å²) < 4.78 is 19.0. The molecule has 0 aliphatic heterocycles. The van der Waals surface area contributed by atoms with Crippen molar-refractivity contribution >= 4 is 11.2 Å². The number of benzene rings is 4. The van der Waals surface area contributed by atoms with E-state index in [1.807, 2.05) is 60.7 Å². The van der Waals surface area contributed by atoms with Crippen LogP contribution >= 0.6 is 0 Å². The second kappa shape index (κ2) is 9.80. The minimum atomic E-state index is -1.24. The van der Waals surface area contributed by atoms with Gasteiger partial charge in [0.1, 0.15) is 17.2 Å². The molecule has 0 aromatic heterocycles. The Hall–Kier alpha value is -3.21. The van der Waals surface area contributed by atoms with E-state index in [0.717, 1.165) is 26.7 Å². The van der Waals surface area contributed by atoms with E-state index >= 15 is 0 Å². The maximum absolute atomic E-state index is 13.0. The van der Waals surface area contributed by atoms with E-state index in [1.54, 1.807) is 12.1 Å². The smallest absolute Gasteiger partial charge is 0.158 e. The van der Waals surface area contributed by atoms with Gasteiger partial charge in [-0.05, 0) is 82.8 Å². The number of phenolic OH excluding ortho intramolecular Hbond substituents is 1. The van der Waals surface area contributed by atoms with Gasteiger partial charge in [-0.15, -0.1) is 0 Å². The van der Waals surface area contributed by atoms with Gasteiger partial charge in [0.25, 0.3) is 0 Å². The van der Waals surface area contributed by atoms with Crippen LogP contribution in [-0.4, -0.2) is 9.66 Å². The summed E-state index contributed by atoms with van der Waals surface area (Å²) in [5.74, 6) is 1.70. The molecule has 0 saturated carbocycles. The molecule has 0 fully saturated rings. The van der Waals surface area contributed by atoms with Crippen LogP contribution in [0.2, 0.25) is 0 Å². The molecule has 3 nitrogen and oxygen atoms in total. The van der Waals surface area contributed by atoms with E-state index in [9.17, 15) is 9.66 Å². The molecule has 4 aromatic carbocycles. The normalized spacial score (nSPS) is 12.9. The van der Waals surface area contributed by atoms with E-state index in [2.05, 4.69) is 58.9 Å². The van der Waals surface area contributed by atoms with E-state index in [1.165, 1.54) is 5.56 Å². The minimum Gasteiger partial charge on any atom is -0.606 e. The van der Waals surface area contributed by atoms with Crippen LogP contribution in [0.5, 0.6) is 17.2 Å². The van der Waals surface area contributed by atoms with Crippen LogP contribution in [0.15, 0.2) is 107 Å². The average Bonchev–Trinajstić information content (AvgIpc) is 2.84. The lowest BCUT2D eigenvalue weighted by Crippen LogP contribution is -2.18. The molecule has 0 spiro atoms. The summed E-state index contributed by atoms with van der Waals surface area (Å²) in [5.41, 5.74) is 3.36. The second-order valence-electron chi connectivity index (χ2n) is 10.3. The molecule has 0 radical (unpaired) electrons. The Bertz CT molecular complexity index is 1250. The Morgan fingerprint density at radius 3 is 1.40 bits per heavy atom. The molecular formula is C31H32O3S. The number of ether oxygens (including phenoxy) is 1. The van der Waals surface area contributed by atoms with Gasteiger partial charge < -0.3 is 14.4 Å². The lowest BCUT2D eigenvalue weighted by atomic mass is 9.78. The summed E-state index contributed by atoms with van der Waals surface area (Å²) >= 11 is -1.24. The fourth-order valence-electron chi connectivity index (χ4n) is 3.97. The number of rotatable bonds is 6. The molecule has 0 aliphatic carbocycles. The van der Waals surface area contributed by atoms with Gasteiger partial charge in [-0.3, -0.25) is 0 Å². The predicted octanol–water partition coefficient (Wildman–Crippen LogP) is 7.97. The third-order valence-electron chi connectivity index (χ3n) is 6.37. The molecule has 1 unspecified atom stereocenters. The summed E-state index contributed by atoms with van der Waals surface area (Å²) in [6, 6.07) is 30.8. The van der Waals surface area contributed by atoms with Gasteiger partial charge in [0, 0.05) is 16.6 Å². The van der Waals surface area contributed by atoms with Crippen molar-refractivity contribution in [2.45, 2.75) is 55.2 Å². The molecule has 1 atom stereocenters. The van der Waals surface area contributed by atoms with Crippen LogP contribution in [-0.2, 0) is 22.0 Å². The monoisotopic (exact) mass is 484 g/mol. The van der Waals surface area contributed by atoms with Crippen LogP contribution in [0, 0.1) is 0 Å². The number of phenols is 1. The summed E-state index contributed by atoms with van der Waals surface area (Å²) in [6.45, 7) is 10.8. The predicted molar refractivity (Wildman–Crippen MR) is 143 cm³/mol. The van der Waals surface area contributed by atoms with Crippen molar-refractivity contribution < 1.29 is 14.4 Å². The summed E-state index contributed by atoms with van der Waals surface area (Å²) in [6.07, 6.45) is 0. The van der Waals surface area contributed by atoms with Gasteiger partial charge in [0.15, 0.2) is 9.79 Å². The van der Waals surface area contributed by atoms with Crippen LogP contribution in [0.4, 0.5) is 0 Å². The maximum Gasteiger partial charge on any atom is 0.158 e. The molecule has 0 heterocycles. The van der Waals surface area contributed by atoms with Crippen LogP contribution in [0.25, 0.3) is 0 Å². The van der Waals surface area contributed by atoms with E-state index in [0.29, 0.717) is 5.75 Å². The Balaban J connectivity index is 1.43. The Kier molecular flexibility index (Phi) is 6.98. The Morgan fingerprint density at radius 1 is 0.571 bits per heavy atom. The summed E-state index contributed by atoms with van der Waals surface area (Å²) in [4.78, 5) is 1.53. The third-order valence-corrected chi connectivity index (χ3v) is 7.77. The molecule has 4 rings (SSSR count). The van der Waals surface area contributed by atoms with Crippen molar-refractivity contribution in [3.8, 4) is 17.2 Å². The molecule has 4 aromatic rings. The zero-order valence-electron chi connectivity index (χ0n) is 20.9. The average molecular weight is 485 g/mol. The van der Waals surface area contributed by atoms with E-state index < -0.39 is 11.2 Å². The highest BCUT2D eigenvalue weighted by Crippen LogP contribution is 2.34. The Morgan fingerprint density at radius 2 is 0.943 bits per heavy atom. The van der Waals surface area contributed by atoms with Crippen molar-refractivity contribution in [3.05, 3.63) is 114 Å². The van der Waals surface area contributed by atoms with E-state index in [4.69, 9.17) is 4.74 Å². The molecular weight excluding hydrogens is 452 g/mol. The molecule has 1 N–H and O–H groups in total. The van der Waals surface area contributed by atoms with Crippen molar-refractivity contribution in [1.82, 2.24) is 0 Å². The quantitative estimate of drug-likeness (QED) is 0.282. The number of hydrogen-bond donors (Lipinski definition) is 1. The molecule has 0 bridgehead atoms. The second-order valence-corrected chi connectivity index (χ2v) is 11.8.